The number of hydrogen-bond donors (Lipinski definition) is 2. The number of carbonyl (C=O) groups is 8. The van der Waals surface area contributed by atoms with Gasteiger partial charge in [-0.15, -0.1) is 0 Å². The van der Waals surface area contributed by atoms with Gasteiger partial charge in [0, 0.05) is 67.7 Å². The SMILES string of the molecule is C.C.C.C.COC(=O)c1ccc2c(c1)CCC1C2CC[C@]2(C)C(=O)CCC12.COC(=O)c1ccc2c(c1)CCC1C2CC[C@]2(C)C(n3cnc4ccccc43)=C(C=O)CC12.C[C@]12CCC3c4ccc(C(=O)O)cc4CCC3C1CC(C=O)=C2Br.C[C@]12CCC3c4ccc(O)cc4CCC3C1CCC2=O.C[C@]12CCC3c4ccc(OS(C)(=O)=O)cc4CCC3C1CCC2=O. The largest absolute Gasteiger partial charge is 0.508 e. The van der Waals surface area contributed by atoms with Crippen LogP contribution in [0, 0.1) is 86.3 Å². The Hall–Kier alpha value is -8.94. The zero-order valence-corrected chi connectivity index (χ0v) is 75.4. The van der Waals surface area contributed by atoms with E-state index in [1.54, 1.807) is 12.1 Å². The summed E-state index contributed by atoms with van der Waals surface area (Å²) in [6, 6.07) is 37.6. The van der Waals surface area contributed by atoms with Crippen LogP contribution in [0.2, 0.25) is 0 Å². The molecule has 17 nitrogen and oxygen atoms in total. The van der Waals surface area contributed by atoms with Crippen LogP contribution >= 0.6 is 15.9 Å². The van der Waals surface area contributed by atoms with E-state index in [-0.39, 0.29) is 68.7 Å². The number of imidazole rings is 1. The second-order valence-electron chi connectivity index (χ2n) is 40.8. The molecule has 2 N–H and O–H groups in total. The van der Waals surface area contributed by atoms with Crippen LogP contribution < -0.4 is 4.18 Å². The zero-order chi connectivity index (χ0) is 87.0. The van der Waals surface area contributed by atoms with Crippen molar-refractivity contribution in [3.8, 4) is 11.5 Å². The molecular formula is C109H135BrN2O15S. The Morgan fingerprint density at radius 3 is 1.23 bits per heavy atom. The van der Waals surface area contributed by atoms with Crippen LogP contribution in [-0.2, 0) is 75.7 Å². The van der Waals surface area contributed by atoms with E-state index in [9.17, 15) is 57.0 Å². The van der Waals surface area contributed by atoms with Crippen molar-refractivity contribution < 1.29 is 70.6 Å². The normalized spacial score (nSPS) is 32.7. The maximum absolute atomic E-state index is 12.4. The highest BCUT2D eigenvalue weighted by Crippen LogP contribution is 2.68. The number of methoxy groups -OCH3 is 2. The molecule has 15 unspecified atom stereocenters. The van der Waals surface area contributed by atoms with E-state index < -0.39 is 16.1 Å². The minimum absolute atomic E-state index is 0. The van der Waals surface area contributed by atoms with Gasteiger partial charge in [-0.3, -0.25) is 24.0 Å². The van der Waals surface area contributed by atoms with E-state index in [2.05, 4.69) is 84.4 Å². The summed E-state index contributed by atoms with van der Waals surface area (Å²) in [6.07, 6.45) is 33.6. The van der Waals surface area contributed by atoms with Crippen molar-refractivity contribution in [3.05, 3.63) is 210 Å². The van der Waals surface area contributed by atoms with Crippen LogP contribution in [0.4, 0.5) is 0 Å². The number of hydrogen-bond acceptors (Lipinski definition) is 15. The average molecular weight is 1830 g/mol. The third-order valence-electron chi connectivity index (χ3n) is 35.3. The third kappa shape index (κ3) is 16.3. The predicted octanol–water partition coefficient (Wildman–Crippen LogP) is 23.8. The molecule has 22 rings (SSSR count). The molecule has 6 aromatic carbocycles. The molecule has 15 aliphatic rings. The molecule has 684 valence electrons. The highest BCUT2D eigenvalue weighted by molar-refractivity contribution is 9.11. The Labute approximate surface area is 767 Å². The van der Waals surface area contributed by atoms with Crippen molar-refractivity contribution in [2.45, 2.75) is 274 Å². The van der Waals surface area contributed by atoms with E-state index in [0.717, 1.165) is 225 Å². The number of carboxylic acids is 1. The molecule has 7 aromatic rings. The lowest BCUT2D eigenvalue weighted by molar-refractivity contribution is -0.130. The summed E-state index contributed by atoms with van der Waals surface area (Å²) in [5.74, 6) is 9.17. The summed E-state index contributed by atoms with van der Waals surface area (Å²) < 4.78 is 40.8. The summed E-state index contributed by atoms with van der Waals surface area (Å²) in [4.78, 5) is 100. The Morgan fingerprint density at radius 1 is 0.445 bits per heavy atom. The molecule has 15 aliphatic carbocycles. The first-order chi connectivity index (χ1) is 59.4. The average Bonchev–Trinajstić information content (AvgIpc) is 1.55. The highest BCUT2D eigenvalue weighted by Gasteiger charge is 2.60. The summed E-state index contributed by atoms with van der Waals surface area (Å²) in [5, 5.41) is 18.9. The van der Waals surface area contributed by atoms with Gasteiger partial charge in [0.2, 0.25) is 0 Å². The number of para-hydroxylation sites is 2. The predicted molar refractivity (Wildman–Crippen MR) is 506 cm³/mol. The number of aryl methyl sites for hydroxylation is 5. The number of Topliss-reactive ketones (excluding diaryl/α,β-unsaturated/α-hetero) is 3. The number of aldehydes is 2. The van der Waals surface area contributed by atoms with Crippen molar-refractivity contribution >= 4 is 90.6 Å². The fourth-order valence-corrected chi connectivity index (χ4v) is 30.4. The van der Waals surface area contributed by atoms with E-state index in [1.165, 1.54) is 76.3 Å². The number of halogens is 1. The third-order valence-corrected chi connectivity index (χ3v) is 37.2. The Bertz CT molecular complexity index is 5720. The van der Waals surface area contributed by atoms with Crippen molar-refractivity contribution in [1.29, 1.82) is 0 Å². The molecule has 19 heteroatoms. The Kier molecular flexibility index (Phi) is 27.3. The van der Waals surface area contributed by atoms with Crippen molar-refractivity contribution in [2.75, 3.05) is 20.5 Å². The number of aromatic carboxylic acids is 1. The molecule has 0 amide bonds. The number of aromatic nitrogens is 2. The van der Waals surface area contributed by atoms with Crippen LogP contribution in [0.15, 0.2) is 137 Å². The summed E-state index contributed by atoms with van der Waals surface area (Å²) >= 11 is 3.72. The first-order valence-electron chi connectivity index (χ1n) is 46.1. The van der Waals surface area contributed by atoms with Crippen molar-refractivity contribution in [3.63, 3.8) is 0 Å². The monoisotopic (exact) mass is 1820 g/mol. The van der Waals surface area contributed by atoms with Gasteiger partial charge in [-0.2, -0.15) is 8.42 Å². The number of rotatable bonds is 8. The standard InChI is InChI=1S/C28H28N2O3.C20H21BrO3.C20H24O3.C19H24O4S.C18H22O2.4CH4/c1-28-12-11-21-20-9-8-18(27(32)33-2)13-17(20)7-10-22(21)23(28)14-19(15-31)26(28)30-16-29-24-5-3-4-6-25(24)30;1-20-7-6-15-14-4-3-12(19(23)24)8-11(14)2-5-16(15)17(20)9-13(10-22)18(20)21;1-20-10-9-15-14-5-4-13(19(22)23-2)11-12(14)3-6-16(15)17(20)7-8-18(20)21;1-19-10-9-15-14-6-4-13(23-24(2,21)22)11-12(14)3-5-16(15)17(19)7-8-18(19)20;1-18-9-8-14-13-5-3-12(19)10-11(13)2-4-15(14)16(18)6-7-17(18)20;;;;/h3-6,8-9,13,15-16,21-23H,7,10-12,14H2,1-2H3;3-4,8,10,15-17H,2,5-7,9H2,1H3,(H,23,24);4-5,11,15-17H,3,6-10H2,1-2H3;4,6,11,15-17H,3,5,7-10H2,1-2H3;3,5,10,14-16,19H,2,4,6-9H2,1H3;4*1H4/t21?,22?,23?,28-;2*15?,16?,17?,20-;15?,16?,17?,19-;14?,15?,16?,18-;;;;/m00000..../s1. The minimum atomic E-state index is -3.49. The number of ether oxygens (including phenoxy) is 2. The second kappa shape index (κ2) is 36.7. The minimum Gasteiger partial charge on any atom is -0.508 e. The number of esters is 2. The van der Waals surface area contributed by atoms with Crippen LogP contribution in [0.1, 0.15) is 328 Å². The van der Waals surface area contributed by atoms with E-state index in [0.29, 0.717) is 134 Å². The lowest BCUT2D eigenvalue weighted by Gasteiger charge is -2.50. The Balaban J connectivity index is 0.000000130. The molecule has 20 atom stereocenters. The molecule has 1 heterocycles. The molecule has 1 aromatic heterocycles. The number of ketones is 3. The van der Waals surface area contributed by atoms with E-state index in [4.69, 9.17) is 13.7 Å². The van der Waals surface area contributed by atoms with Crippen molar-refractivity contribution in [1.82, 2.24) is 9.55 Å². The van der Waals surface area contributed by atoms with E-state index >= 15 is 0 Å². The number of aromatic hydroxyl groups is 1. The maximum atomic E-state index is 12.4. The molecule has 0 radical (unpaired) electrons. The van der Waals surface area contributed by atoms with Gasteiger partial charge in [-0.25, -0.2) is 19.4 Å². The van der Waals surface area contributed by atoms with Gasteiger partial charge >= 0.3 is 28.0 Å². The fourth-order valence-electron chi connectivity index (χ4n) is 29.2. The first-order valence-corrected chi connectivity index (χ1v) is 48.7. The van der Waals surface area contributed by atoms with Crippen LogP contribution in [-0.4, -0.2) is 96.5 Å². The van der Waals surface area contributed by atoms with Gasteiger partial charge in [0.05, 0.1) is 48.2 Å². The summed E-state index contributed by atoms with van der Waals surface area (Å²) in [6.45, 7) is 11.3. The number of carbonyl (C=O) groups excluding carboxylic acids is 7. The van der Waals surface area contributed by atoms with Crippen LogP contribution in [0.5, 0.6) is 11.5 Å². The molecule has 8 fully saturated rings. The van der Waals surface area contributed by atoms with Gasteiger partial charge < -0.3 is 28.4 Å². The van der Waals surface area contributed by atoms with Gasteiger partial charge in [0.15, 0.2) is 0 Å². The Morgan fingerprint density at radius 2 is 0.805 bits per heavy atom. The molecule has 0 aliphatic heterocycles. The lowest BCUT2D eigenvalue weighted by atomic mass is 9.55. The molecule has 0 spiro atoms. The molecular weight excluding hydrogens is 1690 g/mol. The quantitative estimate of drug-likeness (QED) is 0.0814. The van der Waals surface area contributed by atoms with E-state index in [1.807, 2.05) is 85.2 Å². The second-order valence-corrected chi connectivity index (χ2v) is 43.1. The van der Waals surface area contributed by atoms with Crippen LogP contribution in [0.3, 0.4) is 0 Å². The van der Waals surface area contributed by atoms with Crippen molar-refractivity contribution in [2.24, 2.45) is 86.3 Å². The van der Waals surface area contributed by atoms with Gasteiger partial charge in [-0.1, -0.05) is 123 Å². The smallest absolute Gasteiger partial charge is 0.337 e. The first kappa shape index (κ1) is 95.2. The summed E-state index contributed by atoms with van der Waals surface area (Å²) in [5.41, 5.74) is 19.8. The lowest BCUT2D eigenvalue weighted by Crippen LogP contribution is -2.42. The number of allylic oxidation sites excluding steroid dienone is 4. The number of benzene rings is 6. The van der Waals surface area contributed by atoms with Crippen LogP contribution in [0.25, 0.3) is 16.7 Å². The number of phenolic OH excluding ortho intramolecular Hbond substituents is 1. The van der Waals surface area contributed by atoms with Gasteiger partial charge in [0.1, 0.15) is 47.7 Å². The number of carboxylic acid groups (broad SMARTS) is 1. The highest BCUT2D eigenvalue weighted by atomic mass is 79.9. The number of nitrogens with zero attached hydrogens (tertiary/aromatic N) is 2. The molecule has 0 bridgehead atoms. The maximum Gasteiger partial charge on any atom is 0.337 e. The zero-order valence-electron chi connectivity index (χ0n) is 73.0. The molecule has 128 heavy (non-hydrogen) atoms. The number of phenols is 1. The number of fused-ring (bicyclic) bond motifs is 26. The van der Waals surface area contributed by atoms with Gasteiger partial charge in [-0.05, 0) is 378 Å². The fraction of sp³-hybridized carbons (Fsp3) is 0.550. The topological polar surface area (TPSA) is 257 Å². The molecule has 0 saturated heterocycles. The molecule has 8 saturated carbocycles. The van der Waals surface area contributed by atoms with Gasteiger partial charge in [0.25, 0.3) is 0 Å². The summed E-state index contributed by atoms with van der Waals surface area (Å²) in [7, 11) is -0.634.